The van der Waals surface area contributed by atoms with Crippen molar-refractivity contribution in [2.75, 3.05) is 11.6 Å². The Morgan fingerprint density at radius 3 is 2.32 bits per heavy atom. The average Bonchev–Trinajstić information content (AvgIpc) is 3.22. The zero-order chi connectivity index (χ0) is 26.4. The lowest BCUT2D eigenvalue weighted by molar-refractivity contribution is 0.0824. The number of nitrogens with one attached hydrogen (secondary N) is 2. The molecule has 0 aliphatic heterocycles. The first-order valence-corrected chi connectivity index (χ1v) is 13.7. The van der Waals surface area contributed by atoms with E-state index in [1.807, 2.05) is 54.2 Å². The van der Waals surface area contributed by atoms with Crippen LogP contribution in [-0.4, -0.2) is 31.1 Å². The fraction of sp³-hybridized carbons (Fsp3) is 0.214. The van der Waals surface area contributed by atoms with Crippen LogP contribution < -0.4 is 10.6 Å². The van der Waals surface area contributed by atoms with Crippen molar-refractivity contribution in [2.24, 2.45) is 7.05 Å². The van der Waals surface area contributed by atoms with Gasteiger partial charge in [-0.3, -0.25) is 9.59 Å². The first kappa shape index (κ1) is 24.7. The molecular formula is C28H26FN3O4S. The smallest absolute Gasteiger partial charge is 0.258 e. The molecule has 4 aromatic rings. The largest absolute Gasteiger partial charge is 0.350 e. The van der Waals surface area contributed by atoms with Crippen molar-refractivity contribution in [1.82, 2.24) is 9.88 Å². The Morgan fingerprint density at radius 2 is 1.68 bits per heavy atom. The quantitative estimate of drug-likeness (QED) is 0.358. The fourth-order valence-corrected chi connectivity index (χ4v) is 5.47. The summed E-state index contributed by atoms with van der Waals surface area (Å²) in [4.78, 5) is 25.9. The maximum atomic E-state index is 14.3. The standard InChI is InChI=1S/C28H26FN3O4S/c1-32-16-13-18-5-3-6-22(25(18)32)27(34)31-28(14-4-15-28)19-7-9-20(10-8-19)30-26(33)23-17-21(37(2,35)36)11-12-24(23)29/h3,5-13,16-17H,4,14-15H2,1-2H3,(H,30,33)(H,31,34). The monoisotopic (exact) mass is 519 g/mol. The zero-order valence-corrected chi connectivity index (χ0v) is 21.2. The van der Waals surface area contributed by atoms with E-state index in [2.05, 4.69) is 10.6 Å². The summed E-state index contributed by atoms with van der Waals surface area (Å²) in [6, 6.07) is 17.8. The Bertz CT molecular complexity index is 1640. The van der Waals surface area contributed by atoms with E-state index in [1.165, 1.54) is 0 Å². The van der Waals surface area contributed by atoms with Gasteiger partial charge in [0.1, 0.15) is 5.82 Å². The lowest BCUT2D eigenvalue weighted by Crippen LogP contribution is -2.50. The van der Waals surface area contributed by atoms with Crippen LogP contribution in [0.2, 0.25) is 0 Å². The van der Waals surface area contributed by atoms with Crippen molar-refractivity contribution in [1.29, 1.82) is 0 Å². The Hall–Kier alpha value is -3.98. The first-order valence-electron chi connectivity index (χ1n) is 11.9. The summed E-state index contributed by atoms with van der Waals surface area (Å²) in [5.41, 5.74) is 1.95. The molecule has 37 heavy (non-hydrogen) atoms. The summed E-state index contributed by atoms with van der Waals surface area (Å²) in [5, 5.41) is 6.85. The van der Waals surface area contributed by atoms with Gasteiger partial charge in [-0.15, -0.1) is 0 Å². The van der Waals surface area contributed by atoms with Gasteiger partial charge in [0.25, 0.3) is 11.8 Å². The van der Waals surface area contributed by atoms with Gasteiger partial charge in [-0.05, 0) is 67.3 Å². The normalized spacial score (nSPS) is 14.7. The molecule has 3 aromatic carbocycles. The van der Waals surface area contributed by atoms with E-state index >= 15 is 0 Å². The number of benzene rings is 3. The van der Waals surface area contributed by atoms with Crippen molar-refractivity contribution < 1.29 is 22.4 Å². The highest BCUT2D eigenvalue weighted by Gasteiger charge is 2.40. The summed E-state index contributed by atoms with van der Waals surface area (Å²) in [7, 11) is -1.68. The Balaban J connectivity index is 1.35. The topological polar surface area (TPSA) is 97.3 Å². The lowest BCUT2D eigenvalue weighted by atomic mass is 9.71. The third-order valence-corrected chi connectivity index (χ3v) is 8.12. The number of amides is 2. The highest BCUT2D eigenvalue weighted by Crippen LogP contribution is 2.42. The molecule has 7 nitrogen and oxygen atoms in total. The van der Waals surface area contributed by atoms with Crippen LogP contribution in [0.3, 0.4) is 0 Å². The molecule has 1 aliphatic carbocycles. The molecule has 0 spiro atoms. The zero-order valence-electron chi connectivity index (χ0n) is 20.4. The van der Waals surface area contributed by atoms with Crippen LogP contribution in [0.1, 0.15) is 45.5 Å². The summed E-state index contributed by atoms with van der Waals surface area (Å²) >= 11 is 0. The predicted octanol–water partition coefficient (Wildman–Crippen LogP) is 4.78. The molecule has 0 radical (unpaired) electrons. The minimum atomic E-state index is -3.59. The number of anilines is 1. The molecule has 2 N–H and O–H groups in total. The van der Waals surface area contributed by atoms with Crippen LogP contribution in [0, 0.1) is 5.82 Å². The van der Waals surface area contributed by atoms with Gasteiger partial charge in [-0.2, -0.15) is 0 Å². The van der Waals surface area contributed by atoms with Gasteiger partial charge < -0.3 is 15.2 Å². The van der Waals surface area contributed by atoms with Gasteiger partial charge in [0, 0.05) is 30.6 Å². The van der Waals surface area contributed by atoms with Crippen LogP contribution in [0.4, 0.5) is 10.1 Å². The molecule has 9 heteroatoms. The molecule has 0 unspecified atom stereocenters. The van der Waals surface area contributed by atoms with Crippen molar-refractivity contribution in [3.8, 4) is 0 Å². The first-order chi connectivity index (χ1) is 17.6. The molecule has 2 amide bonds. The number of aryl methyl sites for hydroxylation is 1. The highest BCUT2D eigenvalue weighted by atomic mass is 32.2. The van der Waals surface area contributed by atoms with E-state index in [4.69, 9.17) is 0 Å². The molecule has 1 aliphatic rings. The van der Waals surface area contributed by atoms with Crippen LogP contribution >= 0.6 is 0 Å². The van der Waals surface area contributed by atoms with Crippen LogP contribution in [-0.2, 0) is 22.4 Å². The number of fused-ring (bicyclic) bond motifs is 1. The number of carbonyl (C=O) groups is 2. The molecule has 5 rings (SSSR count). The van der Waals surface area contributed by atoms with Crippen LogP contribution in [0.15, 0.2) is 77.8 Å². The summed E-state index contributed by atoms with van der Waals surface area (Å²) in [5.74, 6) is -1.71. The molecule has 1 saturated carbocycles. The van der Waals surface area contributed by atoms with Gasteiger partial charge in [0.05, 0.1) is 27.1 Å². The minimum absolute atomic E-state index is 0.136. The number of hydrogen-bond acceptors (Lipinski definition) is 4. The average molecular weight is 520 g/mol. The molecule has 1 aromatic heterocycles. The van der Waals surface area contributed by atoms with E-state index in [-0.39, 0.29) is 16.4 Å². The van der Waals surface area contributed by atoms with Crippen molar-refractivity contribution in [2.45, 2.75) is 29.7 Å². The number of nitrogens with zero attached hydrogens (tertiary/aromatic N) is 1. The predicted molar refractivity (Wildman–Crippen MR) is 140 cm³/mol. The molecule has 0 bridgehead atoms. The third kappa shape index (κ3) is 4.62. The van der Waals surface area contributed by atoms with Crippen LogP contribution in [0.25, 0.3) is 10.9 Å². The molecule has 1 heterocycles. The highest BCUT2D eigenvalue weighted by molar-refractivity contribution is 7.90. The second kappa shape index (κ2) is 9.15. The third-order valence-electron chi connectivity index (χ3n) is 7.01. The Kier molecular flexibility index (Phi) is 6.11. The number of hydrogen-bond donors (Lipinski definition) is 2. The van der Waals surface area contributed by atoms with Crippen molar-refractivity contribution >= 4 is 38.2 Å². The second-order valence-electron chi connectivity index (χ2n) is 9.51. The van der Waals surface area contributed by atoms with E-state index < -0.39 is 27.1 Å². The number of aromatic nitrogens is 1. The number of sulfone groups is 1. The molecule has 1 fully saturated rings. The summed E-state index contributed by atoms with van der Waals surface area (Å²) in [6.45, 7) is 0. The van der Waals surface area contributed by atoms with Gasteiger partial charge in [-0.25, -0.2) is 12.8 Å². The van der Waals surface area contributed by atoms with E-state index in [9.17, 15) is 22.4 Å². The van der Waals surface area contributed by atoms with Crippen molar-refractivity contribution in [3.63, 3.8) is 0 Å². The molecule has 0 saturated heterocycles. The summed E-state index contributed by atoms with van der Waals surface area (Å²) < 4.78 is 39.8. The number of rotatable bonds is 6. The number of para-hydroxylation sites is 1. The maximum absolute atomic E-state index is 14.3. The number of halogens is 1. The summed E-state index contributed by atoms with van der Waals surface area (Å²) in [6.07, 6.45) is 5.48. The van der Waals surface area contributed by atoms with E-state index in [0.717, 1.165) is 60.2 Å². The Morgan fingerprint density at radius 1 is 0.946 bits per heavy atom. The SMILES string of the molecule is Cn1ccc2cccc(C(=O)NC3(c4ccc(NC(=O)c5cc(S(C)(=O)=O)ccc5F)cc4)CCC3)c21. The molecule has 0 atom stereocenters. The minimum Gasteiger partial charge on any atom is -0.350 e. The van der Waals surface area contributed by atoms with Crippen LogP contribution in [0.5, 0.6) is 0 Å². The fourth-order valence-electron chi connectivity index (χ4n) is 4.82. The molecular weight excluding hydrogens is 493 g/mol. The number of carbonyl (C=O) groups excluding carboxylic acids is 2. The van der Waals surface area contributed by atoms with E-state index in [0.29, 0.717) is 11.3 Å². The lowest BCUT2D eigenvalue weighted by Gasteiger charge is -2.43. The van der Waals surface area contributed by atoms with Gasteiger partial charge in [0.2, 0.25) is 0 Å². The Labute approximate surface area is 214 Å². The van der Waals surface area contributed by atoms with Gasteiger partial charge >= 0.3 is 0 Å². The maximum Gasteiger partial charge on any atom is 0.258 e. The van der Waals surface area contributed by atoms with E-state index in [1.54, 1.807) is 12.1 Å². The van der Waals surface area contributed by atoms with Gasteiger partial charge in [-0.1, -0.05) is 24.3 Å². The van der Waals surface area contributed by atoms with Crippen molar-refractivity contribution in [3.05, 3.63) is 95.4 Å². The second-order valence-corrected chi connectivity index (χ2v) is 11.5. The van der Waals surface area contributed by atoms with Gasteiger partial charge in [0.15, 0.2) is 9.84 Å². The molecule has 190 valence electrons.